The molecule has 0 radical (unpaired) electrons. The van der Waals surface area contributed by atoms with Gasteiger partial charge >= 0.3 is 0 Å². The first-order valence-electron chi connectivity index (χ1n) is 22.3. The Morgan fingerprint density at radius 2 is 0.908 bits per heavy atom. The smallest absolute Gasteiger partial charge is 0.0555 e. The van der Waals surface area contributed by atoms with Crippen LogP contribution in [0.2, 0.25) is 0 Å². The molecule has 0 aliphatic rings. The third-order valence-electron chi connectivity index (χ3n) is 13.2. The second-order valence-electron chi connectivity index (χ2n) is 16.8. The van der Waals surface area contributed by atoms with Gasteiger partial charge in [0.15, 0.2) is 0 Å². The lowest BCUT2D eigenvalue weighted by Gasteiger charge is -2.30. The van der Waals surface area contributed by atoms with E-state index in [0.717, 1.165) is 22.7 Å². The summed E-state index contributed by atoms with van der Waals surface area (Å²) in [7, 11) is 0. The molecule has 65 heavy (non-hydrogen) atoms. The minimum atomic E-state index is 1.08. The van der Waals surface area contributed by atoms with Crippen molar-refractivity contribution in [3.05, 3.63) is 243 Å². The number of thiophene rings is 1. The van der Waals surface area contributed by atoms with Gasteiger partial charge in [-0.15, -0.1) is 11.3 Å². The van der Waals surface area contributed by atoms with Crippen LogP contribution in [-0.4, -0.2) is 4.57 Å². The van der Waals surface area contributed by atoms with Gasteiger partial charge in [0.1, 0.15) is 0 Å². The zero-order valence-corrected chi connectivity index (χ0v) is 36.2. The van der Waals surface area contributed by atoms with E-state index in [0.29, 0.717) is 0 Å². The first-order valence-corrected chi connectivity index (χ1v) is 23.1. The van der Waals surface area contributed by atoms with Gasteiger partial charge < -0.3 is 9.47 Å². The molecule has 0 aliphatic heterocycles. The van der Waals surface area contributed by atoms with Gasteiger partial charge in [-0.3, -0.25) is 0 Å². The Morgan fingerprint density at radius 1 is 0.338 bits per heavy atom. The second kappa shape index (κ2) is 15.2. The van der Waals surface area contributed by atoms with Crippen molar-refractivity contribution in [2.24, 2.45) is 0 Å². The Balaban J connectivity index is 1.11. The number of rotatable bonds is 7. The first kappa shape index (κ1) is 37.3. The number of nitrogens with zero attached hydrogens (tertiary/aromatic N) is 2. The summed E-state index contributed by atoms with van der Waals surface area (Å²) >= 11 is 1.88. The molecule has 0 fully saturated rings. The molecule has 13 rings (SSSR count). The van der Waals surface area contributed by atoms with Crippen LogP contribution in [0.4, 0.5) is 17.1 Å². The normalized spacial score (nSPS) is 11.7. The summed E-state index contributed by atoms with van der Waals surface area (Å²) in [4.78, 5) is 2.50. The van der Waals surface area contributed by atoms with Gasteiger partial charge in [0, 0.05) is 53.4 Å². The summed E-state index contributed by atoms with van der Waals surface area (Å²) in [6.45, 7) is 0. The van der Waals surface area contributed by atoms with Crippen molar-refractivity contribution in [3.63, 3.8) is 0 Å². The van der Waals surface area contributed by atoms with Crippen molar-refractivity contribution < 1.29 is 0 Å². The van der Waals surface area contributed by atoms with E-state index in [1.165, 1.54) is 96.9 Å². The molecule has 0 spiro atoms. The molecular formula is C62H40N2S. The number of hydrogen-bond acceptors (Lipinski definition) is 2. The fourth-order valence-corrected chi connectivity index (χ4v) is 11.5. The molecule has 11 aromatic carbocycles. The van der Waals surface area contributed by atoms with Gasteiger partial charge in [-0.1, -0.05) is 188 Å². The Morgan fingerprint density at radius 3 is 1.71 bits per heavy atom. The number of anilines is 3. The minimum absolute atomic E-state index is 1.08. The van der Waals surface area contributed by atoms with E-state index in [-0.39, 0.29) is 0 Å². The van der Waals surface area contributed by atoms with Crippen molar-refractivity contribution in [1.82, 2.24) is 4.57 Å². The van der Waals surface area contributed by atoms with Gasteiger partial charge in [-0.25, -0.2) is 0 Å². The van der Waals surface area contributed by atoms with Crippen LogP contribution in [0.1, 0.15) is 0 Å². The van der Waals surface area contributed by atoms with Crippen molar-refractivity contribution >= 4 is 91.9 Å². The maximum Gasteiger partial charge on any atom is 0.0555 e. The van der Waals surface area contributed by atoms with Crippen LogP contribution < -0.4 is 4.90 Å². The zero-order chi connectivity index (χ0) is 42.8. The van der Waals surface area contributed by atoms with Gasteiger partial charge in [0.05, 0.1) is 22.4 Å². The van der Waals surface area contributed by atoms with Crippen LogP contribution in [0.15, 0.2) is 243 Å². The number of fused-ring (bicyclic) bond motifs is 9. The quantitative estimate of drug-likeness (QED) is 0.145. The zero-order valence-electron chi connectivity index (χ0n) is 35.4. The highest BCUT2D eigenvalue weighted by Crippen LogP contribution is 2.51. The fourth-order valence-electron chi connectivity index (χ4n) is 10.3. The molecule has 0 unspecified atom stereocenters. The number of aromatic nitrogens is 1. The fraction of sp³-hybridized carbons (Fsp3) is 0. The minimum Gasteiger partial charge on any atom is -0.310 e. The van der Waals surface area contributed by atoms with Gasteiger partial charge in [-0.05, 0) is 98.4 Å². The Labute approximate surface area is 381 Å². The predicted octanol–water partition coefficient (Wildman–Crippen LogP) is 17.9. The van der Waals surface area contributed by atoms with E-state index in [4.69, 9.17) is 0 Å². The molecule has 3 heteroatoms. The molecule has 0 amide bonds. The highest BCUT2D eigenvalue weighted by atomic mass is 32.1. The summed E-state index contributed by atoms with van der Waals surface area (Å²) in [5, 5.41) is 10.1. The van der Waals surface area contributed by atoms with E-state index in [2.05, 4.69) is 252 Å². The van der Waals surface area contributed by atoms with Gasteiger partial charge in [0.25, 0.3) is 0 Å². The summed E-state index contributed by atoms with van der Waals surface area (Å²) in [6.07, 6.45) is 0. The molecule has 304 valence electrons. The third-order valence-corrected chi connectivity index (χ3v) is 14.4. The average molecular weight is 845 g/mol. The standard InChI is InChI=1S/C62H40N2S/c1-2-17-41(18-3-1)43-20-14-22-45(39-43)63(46-23-15-21-44(40-46)48-29-16-30-49-47-24-5-4-19-42(47)35-36-50(48)49)59-38-37-54-53-27-9-13-34-60(53)65-62(54)61(59)55-28-8-12-33-58(55)64-56-31-10-6-25-51(56)52-26-7-11-32-57(52)64/h1-40H. The maximum atomic E-state index is 2.50. The predicted molar refractivity (Wildman–Crippen MR) is 280 cm³/mol. The molecule has 0 N–H and O–H groups in total. The van der Waals surface area contributed by atoms with Crippen LogP contribution in [0, 0.1) is 0 Å². The van der Waals surface area contributed by atoms with E-state index in [9.17, 15) is 0 Å². The van der Waals surface area contributed by atoms with Crippen LogP contribution >= 0.6 is 11.3 Å². The van der Waals surface area contributed by atoms with E-state index in [1.54, 1.807) is 0 Å². The number of hydrogen-bond donors (Lipinski definition) is 0. The lowest BCUT2D eigenvalue weighted by atomic mass is 9.94. The van der Waals surface area contributed by atoms with Crippen LogP contribution in [0.5, 0.6) is 0 Å². The Bertz CT molecular complexity index is 3920. The second-order valence-corrected chi connectivity index (χ2v) is 17.9. The Hall–Kier alpha value is -8.24. The molecule has 2 heterocycles. The first-order chi connectivity index (χ1) is 32.3. The molecule has 2 aromatic heterocycles. The van der Waals surface area contributed by atoms with Crippen LogP contribution in [0.25, 0.3) is 103 Å². The average Bonchev–Trinajstić information content (AvgIpc) is 3.93. The molecule has 0 aliphatic carbocycles. The molecular weight excluding hydrogens is 805 g/mol. The van der Waals surface area contributed by atoms with Gasteiger partial charge in [0.2, 0.25) is 0 Å². The summed E-state index contributed by atoms with van der Waals surface area (Å²) in [5.74, 6) is 0. The number of benzene rings is 11. The lowest BCUT2D eigenvalue weighted by molar-refractivity contribution is 1.18. The topological polar surface area (TPSA) is 8.17 Å². The SMILES string of the molecule is c1ccc(-c2cccc(N(c3cccc(-c4cccc5c4ccc4ccccc45)c3)c3ccc4c(sc5ccccc54)c3-c3ccccc3-n3c4ccccc4c4ccccc43)c2)cc1. The molecule has 0 atom stereocenters. The molecule has 2 nitrogen and oxygen atoms in total. The van der Waals surface area contributed by atoms with Crippen molar-refractivity contribution in [2.75, 3.05) is 4.90 Å². The maximum absolute atomic E-state index is 2.50. The summed E-state index contributed by atoms with van der Waals surface area (Å²) in [5.41, 5.74) is 13.9. The molecule has 13 aromatic rings. The molecule has 0 saturated carbocycles. The number of para-hydroxylation sites is 3. The molecule has 0 bridgehead atoms. The van der Waals surface area contributed by atoms with Crippen molar-refractivity contribution in [3.8, 4) is 39.1 Å². The monoisotopic (exact) mass is 844 g/mol. The third kappa shape index (κ3) is 6.08. The summed E-state index contributed by atoms with van der Waals surface area (Å²) < 4.78 is 5.01. The van der Waals surface area contributed by atoms with Crippen LogP contribution in [-0.2, 0) is 0 Å². The van der Waals surface area contributed by atoms with Crippen molar-refractivity contribution in [1.29, 1.82) is 0 Å². The van der Waals surface area contributed by atoms with E-state index >= 15 is 0 Å². The summed E-state index contributed by atoms with van der Waals surface area (Å²) in [6, 6.07) is 89.1. The molecule has 0 saturated heterocycles. The highest BCUT2D eigenvalue weighted by Gasteiger charge is 2.25. The lowest BCUT2D eigenvalue weighted by Crippen LogP contribution is -2.12. The highest BCUT2D eigenvalue weighted by molar-refractivity contribution is 7.26. The van der Waals surface area contributed by atoms with Crippen LogP contribution in [0.3, 0.4) is 0 Å². The van der Waals surface area contributed by atoms with E-state index < -0.39 is 0 Å². The largest absolute Gasteiger partial charge is 0.310 e. The Kier molecular flexibility index (Phi) is 8.75. The van der Waals surface area contributed by atoms with Crippen molar-refractivity contribution in [2.45, 2.75) is 0 Å². The van der Waals surface area contributed by atoms with E-state index in [1.807, 2.05) is 11.3 Å². The van der Waals surface area contributed by atoms with Gasteiger partial charge in [-0.2, -0.15) is 0 Å².